The molecule has 2 aromatic carbocycles. The van der Waals surface area contributed by atoms with Gasteiger partial charge in [-0.05, 0) is 79.0 Å². The molecule has 214 valence electrons. The molecule has 0 heterocycles. The summed E-state index contributed by atoms with van der Waals surface area (Å²) in [7, 11) is 0. The fourth-order valence-electron chi connectivity index (χ4n) is 5.01. The van der Waals surface area contributed by atoms with Crippen LogP contribution in [0.5, 0.6) is 0 Å². The normalized spacial score (nSPS) is 17.4. The van der Waals surface area contributed by atoms with Crippen LogP contribution in [0.3, 0.4) is 0 Å². The zero-order valence-electron chi connectivity index (χ0n) is 23.4. The molecule has 2 rings (SSSR count). The molecule has 0 fully saturated rings. The first kappa shape index (κ1) is 32.4. The van der Waals surface area contributed by atoms with E-state index in [1.807, 2.05) is 6.92 Å². The van der Waals surface area contributed by atoms with E-state index in [4.69, 9.17) is 5.11 Å². The molecule has 0 amide bonds. The molecule has 6 N–H and O–H groups in total. The average molecular weight is 531 g/mol. The van der Waals surface area contributed by atoms with Crippen molar-refractivity contribution in [1.29, 1.82) is 0 Å². The van der Waals surface area contributed by atoms with E-state index in [0.717, 1.165) is 44.1 Å². The summed E-state index contributed by atoms with van der Waals surface area (Å²) in [6.07, 6.45) is 0.587. The van der Waals surface area contributed by atoms with E-state index in [1.165, 1.54) is 29.5 Å². The minimum Gasteiger partial charge on any atom is -0.394 e. The molecule has 6 nitrogen and oxygen atoms in total. The Hall–Kier alpha value is -1.80. The molecule has 0 aliphatic heterocycles. The van der Waals surface area contributed by atoms with Gasteiger partial charge in [0.1, 0.15) is 24.4 Å². The van der Waals surface area contributed by atoms with Gasteiger partial charge in [-0.2, -0.15) is 0 Å². The van der Waals surface area contributed by atoms with Crippen LogP contribution in [0, 0.1) is 11.8 Å². The predicted molar refractivity (Wildman–Crippen MR) is 152 cm³/mol. The first-order valence-corrected chi connectivity index (χ1v) is 14.4. The second-order valence-electron chi connectivity index (χ2n) is 10.9. The quantitative estimate of drug-likeness (QED) is 0.175. The van der Waals surface area contributed by atoms with Crippen LogP contribution in [0.4, 0.5) is 0 Å². The van der Waals surface area contributed by atoms with E-state index < -0.39 is 43.0 Å². The molecular formula is C32H50O6. The highest BCUT2D eigenvalue weighted by atomic mass is 16.4. The summed E-state index contributed by atoms with van der Waals surface area (Å²) < 4.78 is 0. The third-order valence-electron chi connectivity index (χ3n) is 7.84. The monoisotopic (exact) mass is 530 g/mol. The molecule has 0 radical (unpaired) electrons. The second kappa shape index (κ2) is 17.0. The molecule has 2 aromatic rings. The molecule has 0 bridgehead atoms. The number of aryl methyl sites for hydroxylation is 3. The number of benzene rings is 2. The summed E-state index contributed by atoms with van der Waals surface area (Å²) in [4.78, 5) is 0. The highest BCUT2D eigenvalue weighted by Crippen LogP contribution is 2.29. The van der Waals surface area contributed by atoms with Gasteiger partial charge in [0.25, 0.3) is 0 Å². The number of rotatable bonds is 18. The van der Waals surface area contributed by atoms with Gasteiger partial charge < -0.3 is 30.6 Å². The maximum Gasteiger partial charge on any atom is 0.111 e. The van der Waals surface area contributed by atoms with Crippen LogP contribution in [0.15, 0.2) is 48.5 Å². The fraction of sp³-hybridized carbons (Fsp3) is 0.625. The van der Waals surface area contributed by atoms with Crippen molar-refractivity contribution in [3.8, 4) is 0 Å². The maximum atomic E-state index is 11.2. The highest BCUT2D eigenvalue weighted by Gasteiger charge is 2.39. The fourth-order valence-corrected chi connectivity index (χ4v) is 5.01. The van der Waals surface area contributed by atoms with Gasteiger partial charge in [-0.1, -0.05) is 82.1 Å². The van der Waals surface area contributed by atoms with Gasteiger partial charge in [0.05, 0.1) is 12.7 Å². The van der Waals surface area contributed by atoms with Crippen molar-refractivity contribution >= 4 is 0 Å². The second-order valence-corrected chi connectivity index (χ2v) is 10.9. The van der Waals surface area contributed by atoms with E-state index in [9.17, 15) is 25.5 Å². The van der Waals surface area contributed by atoms with E-state index in [2.05, 4.69) is 62.4 Å². The number of aliphatic hydroxyl groups excluding tert-OH is 6. The van der Waals surface area contributed by atoms with Crippen molar-refractivity contribution in [2.24, 2.45) is 11.8 Å². The Morgan fingerprint density at radius 2 is 1.00 bits per heavy atom. The van der Waals surface area contributed by atoms with Crippen molar-refractivity contribution in [2.75, 3.05) is 6.61 Å². The van der Waals surface area contributed by atoms with Crippen LogP contribution in [0.25, 0.3) is 0 Å². The standard InChI is InChI=1S/C32H50O6/c1-4-6-8-23-12-14-25(15-13-23)11-10-22(3)27(20-26-18-16-24(17-19-26)9-7-5-2)29(35)31(37)32(38)30(36)28(34)21-33/h12-19,22,27-38H,4-11,20-21H2,1-3H3/t22?,27?,28-,29?,30+,31+,32-/m0/s1. The molecule has 0 saturated carbocycles. The Balaban J connectivity index is 2.16. The minimum atomic E-state index is -1.80. The van der Waals surface area contributed by atoms with E-state index in [-0.39, 0.29) is 5.92 Å². The van der Waals surface area contributed by atoms with Crippen LogP contribution >= 0.6 is 0 Å². The highest BCUT2D eigenvalue weighted by molar-refractivity contribution is 5.24. The topological polar surface area (TPSA) is 121 Å². The minimum absolute atomic E-state index is 0.00806. The first-order chi connectivity index (χ1) is 18.2. The Bertz CT molecular complexity index is 884. The zero-order chi connectivity index (χ0) is 28.1. The van der Waals surface area contributed by atoms with Gasteiger partial charge in [0.15, 0.2) is 0 Å². The van der Waals surface area contributed by atoms with Crippen molar-refractivity contribution in [2.45, 2.75) is 109 Å². The number of aliphatic hydroxyl groups is 6. The van der Waals surface area contributed by atoms with E-state index in [1.54, 1.807) is 0 Å². The third-order valence-corrected chi connectivity index (χ3v) is 7.84. The maximum absolute atomic E-state index is 11.2. The summed E-state index contributed by atoms with van der Waals surface area (Å²) in [5.41, 5.74) is 4.84. The number of hydrogen-bond donors (Lipinski definition) is 6. The van der Waals surface area contributed by atoms with Crippen LogP contribution in [-0.2, 0) is 25.7 Å². The summed E-state index contributed by atoms with van der Waals surface area (Å²) >= 11 is 0. The van der Waals surface area contributed by atoms with Crippen molar-refractivity contribution in [3.05, 3.63) is 70.8 Å². The summed E-state index contributed by atoms with van der Waals surface area (Å²) in [6.45, 7) is 5.63. The Morgan fingerprint density at radius 1 is 0.579 bits per heavy atom. The van der Waals surface area contributed by atoms with Gasteiger partial charge >= 0.3 is 0 Å². The lowest BCUT2D eigenvalue weighted by molar-refractivity contribution is -0.152. The molecule has 0 aliphatic rings. The smallest absolute Gasteiger partial charge is 0.111 e. The molecule has 7 atom stereocenters. The molecule has 0 aliphatic carbocycles. The summed E-state index contributed by atoms with van der Waals surface area (Å²) in [6, 6.07) is 17.0. The van der Waals surface area contributed by atoms with Gasteiger partial charge in [-0.3, -0.25) is 0 Å². The number of hydrogen-bond acceptors (Lipinski definition) is 6. The lowest BCUT2D eigenvalue weighted by atomic mass is 9.77. The molecule has 0 spiro atoms. The first-order valence-electron chi connectivity index (χ1n) is 14.4. The third kappa shape index (κ3) is 10.1. The van der Waals surface area contributed by atoms with Gasteiger partial charge in [-0.15, -0.1) is 0 Å². The summed E-state index contributed by atoms with van der Waals surface area (Å²) in [5, 5.41) is 61.4. The van der Waals surface area contributed by atoms with Gasteiger partial charge in [0.2, 0.25) is 0 Å². The van der Waals surface area contributed by atoms with Crippen molar-refractivity contribution in [3.63, 3.8) is 0 Å². The Labute approximate surface area is 229 Å². The van der Waals surface area contributed by atoms with Crippen LogP contribution < -0.4 is 0 Å². The summed E-state index contributed by atoms with van der Waals surface area (Å²) in [5.74, 6) is -0.408. The lowest BCUT2D eigenvalue weighted by Crippen LogP contribution is -2.52. The van der Waals surface area contributed by atoms with Crippen LogP contribution in [0.2, 0.25) is 0 Å². The van der Waals surface area contributed by atoms with Crippen molar-refractivity contribution < 1.29 is 30.6 Å². The average Bonchev–Trinajstić information content (AvgIpc) is 2.95. The Kier molecular flexibility index (Phi) is 14.5. The SMILES string of the molecule is CCCCc1ccc(CCC(C)C(Cc2ccc(CCCC)cc2)C(O)[C@@H](O)[C@@H](O)[C@H](O)[C@@H](O)CO)cc1. The Morgan fingerprint density at radius 3 is 1.45 bits per heavy atom. The van der Waals surface area contributed by atoms with E-state index in [0.29, 0.717) is 6.42 Å². The molecule has 6 heteroatoms. The van der Waals surface area contributed by atoms with Crippen molar-refractivity contribution in [1.82, 2.24) is 0 Å². The zero-order valence-corrected chi connectivity index (χ0v) is 23.4. The van der Waals surface area contributed by atoms with Gasteiger partial charge in [-0.25, -0.2) is 0 Å². The molecule has 0 saturated heterocycles. The van der Waals surface area contributed by atoms with Gasteiger partial charge in [0, 0.05) is 0 Å². The van der Waals surface area contributed by atoms with Crippen LogP contribution in [0.1, 0.15) is 75.1 Å². The molecule has 38 heavy (non-hydrogen) atoms. The molecule has 3 unspecified atom stereocenters. The molecule has 0 aromatic heterocycles. The largest absolute Gasteiger partial charge is 0.394 e. The predicted octanol–water partition coefficient (Wildman–Crippen LogP) is 3.60. The lowest BCUT2D eigenvalue weighted by Gasteiger charge is -2.35. The molecular weight excluding hydrogens is 480 g/mol. The number of unbranched alkanes of at least 4 members (excludes halogenated alkanes) is 2. The van der Waals surface area contributed by atoms with Crippen LogP contribution in [-0.4, -0.2) is 67.8 Å². The van der Waals surface area contributed by atoms with E-state index >= 15 is 0 Å².